The summed E-state index contributed by atoms with van der Waals surface area (Å²) >= 11 is 0. The summed E-state index contributed by atoms with van der Waals surface area (Å²) in [5.41, 5.74) is 2.04. The van der Waals surface area contributed by atoms with E-state index in [1.165, 1.54) is 0 Å². The van der Waals surface area contributed by atoms with E-state index >= 15 is 0 Å². The molecule has 2 rings (SSSR count). The van der Waals surface area contributed by atoms with Crippen molar-refractivity contribution in [2.24, 2.45) is 7.05 Å². The van der Waals surface area contributed by atoms with Gasteiger partial charge in [0.1, 0.15) is 17.2 Å². The molecule has 124 valence electrons. The van der Waals surface area contributed by atoms with Gasteiger partial charge in [-0.25, -0.2) is 0 Å². The van der Waals surface area contributed by atoms with Crippen molar-refractivity contribution >= 4 is 5.91 Å². The molecule has 0 aliphatic carbocycles. The summed E-state index contributed by atoms with van der Waals surface area (Å²) in [4.78, 5) is 14.2. The summed E-state index contributed by atoms with van der Waals surface area (Å²) in [6.45, 7) is 3.95. The summed E-state index contributed by atoms with van der Waals surface area (Å²) in [6, 6.07) is 7.42. The van der Waals surface area contributed by atoms with E-state index < -0.39 is 0 Å². The van der Waals surface area contributed by atoms with Crippen molar-refractivity contribution in [3.63, 3.8) is 0 Å². The molecular weight excluding hydrogens is 294 g/mol. The predicted octanol–water partition coefficient (Wildman–Crippen LogP) is 2.58. The van der Waals surface area contributed by atoms with Gasteiger partial charge in [0.25, 0.3) is 5.91 Å². The Balaban J connectivity index is 2.44. The van der Waals surface area contributed by atoms with E-state index in [0.717, 1.165) is 5.56 Å². The highest BCUT2D eigenvalue weighted by atomic mass is 16.5. The molecule has 0 unspecified atom stereocenters. The van der Waals surface area contributed by atoms with Gasteiger partial charge in [-0.05, 0) is 32.0 Å². The van der Waals surface area contributed by atoms with Crippen LogP contribution in [-0.2, 0) is 7.05 Å². The Labute approximate surface area is 136 Å². The second kappa shape index (κ2) is 6.73. The normalized spacial score (nSPS) is 10.7. The number of aryl methyl sites for hydroxylation is 1. The Morgan fingerprint density at radius 2 is 1.91 bits per heavy atom. The summed E-state index contributed by atoms with van der Waals surface area (Å²) < 4.78 is 12.2. The van der Waals surface area contributed by atoms with Gasteiger partial charge in [0, 0.05) is 31.8 Å². The molecule has 23 heavy (non-hydrogen) atoms. The predicted molar refractivity (Wildman–Crippen MR) is 89.0 cm³/mol. The summed E-state index contributed by atoms with van der Waals surface area (Å²) in [5, 5.41) is 4.46. The van der Waals surface area contributed by atoms with Crippen LogP contribution in [0.2, 0.25) is 0 Å². The van der Waals surface area contributed by atoms with Crippen molar-refractivity contribution in [2.75, 3.05) is 21.3 Å². The maximum absolute atomic E-state index is 12.5. The van der Waals surface area contributed by atoms with E-state index in [0.29, 0.717) is 22.9 Å². The van der Waals surface area contributed by atoms with E-state index in [1.54, 1.807) is 50.0 Å². The minimum absolute atomic E-state index is 0.0614. The number of aromatic nitrogens is 2. The summed E-state index contributed by atoms with van der Waals surface area (Å²) in [6.07, 6.45) is 0. The lowest BCUT2D eigenvalue weighted by molar-refractivity contribution is 0.0744. The number of amides is 1. The fourth-order valence-corrected chi connectivity index (χ4v) is 2.22. The number of benzene rings is 1. The van der Waals surface area contributed by atoms with E-state index in [9.17, 15) is 4.79 Å². The average Bonchev–Trinajstić information content (AvgIpc) is 2.94. The van der Waals surface area contributed by atoms with Crippen molar-refractivity contribution < 1.29 is 14.3 Å². The fourth-order valence-electron chi connectivity index (χ4n) is 2.22. The molecule has 0 aliphatic heterocycles. The first-order valence-electron chi connectivity index (χ1n) is 7.42. The molecule has 1 aromatic heterocycles. The lowest BCUT2D eigenvalue weighted by Gasteiger charge is -2.21. The van der Waals surface area contributed by atoms with Crippen molar-refractivity contribution in [1.82, 2.24) is 14.7 Å². The lowest BCUT2D eigenvalue weighted by atomic mass is 10.1. The van der Waals surface area contributed by atoms with Gasteiger partial charge in [0.2, 0.25) is 0 Å². The van der Waals surface area contributed by atoms with Crippen LogP contribution in [-0.4, -0.2) is 47.9 Å². The topological polar surface area (TPSA) is 56.6 Å². The Morgan fingerprint density at radius 1 is 1.22 bits per heavy atom. The molecule has 6 nitrogen and oxygen atoms in total. The van der Waals surface area contributed by atoms with Crippen LogP contribution < -0.4 is 9.47 Å². The first-order valence-corrected chi connectivity index (χ1v) is 7.42. The number of rotatable bonds is 5. The second-order valence-corrected chi connectivity index (χ2v) is 5.61. The number of hydrogen-bond acceptors (Lipinski definition) is 4. The number of carbonyl (C=O) groups excluding carboxylic acids is 1. The van der Waals surface area contributed by atoms with Gasteiger partial charge in [-0.2, -0.15) is 5.10 Å². The molecule has 0 fully saturated rings. The van der Waals surface area contributed by atoms with Crippen molar-refractivity contribution in [2.45, 2.75) is 19.9 Å². The zero-order valence-corrected chi connectivity index (χ0v) is 14.5. The van der Waals surface area contributed by atoms with Crippen molar-refractivity contribution in [1.29, 1.82) is 0 Å². The molecule has 0 saturated carbocycles. The van der Waals surface area contributed by atoms with Gasteiger partial charge in [0.15, 0.2) is 0 Å². The quantitative estimate of drug-likeness (QED) is 0.850. The van der Waals surface area contributed by atoms with E-state index in [-0.39, 0.29) is 11.9 Å². The largest absolute Gasteiger partial charge is 0.497 e. The SMILES string of the molecule is COc1ccc(-c2cc(C(=O)N(C)C(C)C)n(C)n2)c(OC)c1. The molecule has 0 aliphatic rings. The van der Waals surface area contributed by atoms with Crippen LogP contribution in [0, 0.1) is 0 Å². The molecule has 0 radical (unpaired) electrons. The van der Waals surface area contributed by atoms with Gasteiger partial charge in [-0.3, -0.25) is 9.48 Å². The van der Waals surface area contributed by atoms with Crippen LogP contribution in [0.15, 0.2) is 24.3 Å². The molecule has 2 aromatic rings. The van der Waals surface area contributed by atoms with E-state index in [2.05, 4.69) is 5.10 Å². The maximum atomic E-state index is 12.5. The van der Waals surface area contributed by atoms with Crippen LogP contribution >= 0.6 is 0 Å². The van der Waals surface area contributed by atoms with Crippen LogP contribution in [0.1, 0.15) is 24.3 Å². The molecule has 1 heterocycles. The number of methoxy groups -OCH3 is 2. The van der Waals surface area contributed by atoms with Gasteiger partial charge in [-0.1, -0.05) is 0 Å². The van der Waals surface area contributed by atoms with Crippen LogP contribution in [0.4, 0.5) is 0 Å². The number of hydrogen-bond donors (Lipinski definition) is 0. The average molecular weight is 317 g/mol. The number of carbonyl (C=O) groups is 1. The maximum Gasteiger partial charge on any atom is 0.272 e. The number of nitrogens with zero attached hydrogens (tertiary/aromatic N) is 3. The van der Waals surface area contributed by atoms with Crippen LogP contribution in [0.5, 0.6) is 11.5 Å². The van der Waals surface area contributed by atoms with E-state index in [4.69, 9.17) is 9.47 Å². The van der Waals surface area contributed by atoms with Crippen LogP contribution in [0.3, 0.4) is 0 Å². The minimum atomic E-state index is -0.0614. The smallest absolute Gasteiger partial charge is 0.272 e. The fraction of sp³-hybridized carbons (Fsp3) is 0.412. The zero-order chi connectivity index (χ0) is 17.1. The molecule has 1 aromatic carbocycles. The highest BCUT2D eigenvalue weighted by Crippen LogP contribution is 2.32. The van der Waals surface area contributed by atoms with E-state index in [1.807, 2.05) is 26.0 Å². The number of ether oxygens (including phenoxy) is 2. The molecule has 6 heteroatoms. The Hall–Kier alpha value is -2.50. The Morgan fingerprint density at radius 3 is 2.48 bits per heavy atom. The minimum Gasteiger partial charge on any atom is -0.497 e. The van der Waals surface area contributed by atoms with Crippen molar-refractivity contribution in [3.05, 3.63) is 30.0 Å². The third kappa shape index (κ3) is 3.31. The van der Waals surface area contributed by atoms with Gasteiger partial charge < -0.3 is 14.4 Å². The second-order valence-electron chi connectivity index (χ2n) is 5.61. The lowest BCUT2D eigenvalue weighted by Crippen LogP contribution is -2.34. The van der Waals surface area contributed by atoms with Crippen molar-refractivity contribution in [3.8, 4) is 22.8 Å². The summed E-state index contributed by atoms with van der Waals surface area (Å²) in [5.74, 6) is 1.30. The monoisotopic (exact) mass is 317 g/mol. The van der Waals surface area contributed by atoms with Gasteiger partial charge in [0.05, 0.1) is 19.9 Å². The zero-order valence-electron chi connectivity index (χ0n) is 14.5. The third-order valence-corrected chi connectivity index (χ3v) is 3.88. The van der Waals surface area contributed by atoms with Gasteiger partial charge in [-0.15, -0.1) is 0 Å². The molecular formula is C17H23N3O3. The summed E-state index contributed by atoms with van der Waals surface area (Å²) in [7, 11) is 6.75. The molecule has 1 amide bonds. The molecule has 0 saturated heterocycles. The first kappa shape index (κ1) is 16.9. The molecule has 0 bridgehead atoms. The van der Waals surface area contributed by atoms with Gasteiger partial charge >= 0.3 is 0 Å². The highest BCUT2D eigenvalue weighted by molar-refractivity contribution is 5.94. The standard InChI is InChI=1S/C17H23N3O3/c1-11(2)19(3)17(21)15-10-14(18-20(15)4)13-8-7-12(22-5)9-16(13)23-6/h7-11H,1-6H3. The molecule has 0 spiro atoms. The molecule has 0 N–H and O–H groups in total. The third-order valence-electron chi connectivity index (χ3n) is 3.88. The molecule has 0 atom stereocenters. The Kier molecular flexibility index (Phi) is 4.93. The van der Waals surface area contributed by atoms with Crippen LogP contribution in [0.25, 0.3) is 11.3 Å². The Bertz CT molecular complexity index is 707. The first-order chi connectivity index (χ1) is 10.9. The highest BCUT2D eigenvalue weighted by Gasteiger charge is 2.21.